The molecule has 5 rings (SSSR count). The largest absolute Gasteiger partial charge is 0.378 e. The van der Waals surface area contributed by atoms with Gasteiger partial charge in [-0.25, -0.2) is 0 Å². The molecule has 154 valence electrons. The molecule has 0 aromatic heterocycles. The van der Waals surface area contributed by atoms with Crippen LogP contribution in [0, 0.1) is 5.92 Å². The molecule has 4 heterocycles. The first kappa shape index (κ1) is 19.7. The van der Waals surface area contributed by atoms with Crippen LogP contribution in [0.2, 0.25) is 0 Å². The SMILES string of the molecule is CN(C)C(=O)CN1C[C@H]2CC[C@@H](C1)N(Cc1cccc(N3CCOCC3)c1)C2. The highest BCUT2D eigenvalue weighted by Crippen LogP contribution is 2.30. The first-order valence-corrected chi connectivity index (χ1v) is 10.7. The Kier molecular flexibility index (Phi) is 6.19. The number of likely N-dealkylation sites (N-methyl/N-ethyl adjacent to an activating group) is 1. The van der Waals surface area contributed by atoms with Crippen LogP contribution in [0.4, 0.5) is 5.69 Å². The van der Waals surface area contributed by atoms with Crippen molar-refractivity contribution in [3.63, 3.8) is 0 Å². The summed E-state index contributed by atoms with van der Waals surface area (Å²) in [5.74, 6) is 0.891. The standard InChI is InChI=1S/C22H34N4O2/c1-23(2)22(27)17-24-13-19-6-7-21(16-24)26(15-19)14-18-4-3-5-20(12-18)25-8-10-28-11-9-25/h3-5,12,19,21H,6-11,13-17H2,1-2H3/t19-,21+/m1/s1. The first-order chi connectivity index (χ1) is 13.6. The normalized spacial score (nSPS) is 26.3. The summed E-state index contributed by atoms with van der Waals surface area (Å²) in [6.45, 7) is 8.39. The Balaban J connectivity index is 1.41. The smallest absolute Gasteiger partial charge is 0.236 e. The Morgan fingerprint density at radius 3 is 2.75 bits per heavy atom. The molecule has 2 atom stereocenters. The fourth-order valence-electron chi connectivity index (χ4n) is 4.84. The van der Waals surface area contributed by atoms with Crippen LogP contribution in [0.15, 0.2) is 24.3 Å². The van der Waals surface area contributed by atoms with Crippen molar-refractivity contribution >= 4 is 11.6 Å². The number of nitrogens with zero attached hydrogens (tertiary/aromatic N) is 4. The molecular formula is C22H34N4O2. The second-order valence-electron chi connectivity index (χ2n) is 8.78. The Morgan fingerprint density at radius 1 is 1.14 bits per heavy atom. The van der Waals surface area contributed by atoms with Crippen LogP contribution in [0.25, 0.3) is 0 Å². The monoisotopic (exact) mass is 386 g/mol. The van der Waals surface area contributed by atoms with Gasteiger partial charge in [0.15, 0.2) is 0 Å². The Hall–Kier alpha value is -1.63. The molecular weight excluding hydrogens is 352 g/mol. The van der Waals surface area contributed by atoms with Crippen LogP contribution < -0.4 is 4.90 Å². The van der Waals surface area contributed by atoms with Gasteiger partial charge in [-0.2, -0.15) is 0 Å². The highest BCUT2D eigenvalue weighted by molar-refractivity contribution is 5.77. The number of ether oxygens (including phenoxy) is 1. The van der Waals surface area contributed by atoms with Gasteiger partial charge in [-0.3, -0.25) is 14.6 Å². The van der Waals surface area contributed by atoms with E-state index < -0.39 is 0 Å². The molecule has 4 aliphatic rings. The third-order valence-corrected chi connectivity index (χ3v) is 6.43. The average molecular weight is 387 g/mol. The maximum atomic E-state index is 12.2. The number of hydrogen-bond acceptors (Lipinski definition) is 5. The molecule has 6 heteroatoms. The summed E-state index contributed by atoms with van der Waals surface area (Å²) in [5.41, 5.74) is 2.71. The van der Waals surface area contributed by atoms with Crippen LogP contribution in [-0.2, 0) is 16.1 Å². The van der Waals surface area contributed by atoms with Gasteiger partial charge in [0.05, 0.1) is 19.8 Å². The maximum absolute atomic E-state index is 12.2. The lowest BCUT2D eigenvalue weighted by molar-refractivity contribution is -0.130. The molecule has 0 unspecified atom stereocenters. The number of benzene rings is 1. The van der Waals surface area contributed by atoms with Crippen molar-refractivity contribution in [2.45, 2.75) is 25.4 Å². The average Bonchev–Trinajstić information content (AvgIpc) is 2.99. The van der Waals surface area contributed by atoms with Crippen LogP contribution in [0.5, 0.6) is 0 Å². The van der Waals surface area contributed by atoms with Gasteiger partial charge in [-0.1, -0.05) is 12.1 Å². The third-order valence-electron chi connectivity index (χ3n) is 6.43. The number of anilines is 1. The second kappa shape index (κ2) is 8.80. The van der Waals surface area contributed by atoms with E-state index in [1.54, 1.807) is 4.90 Å². The lowest BCUT2D eigenvalue weighted by atomic mass is 9.94. The summed E-state index contributed by atoms with van der Waals surface area (Å²) in [6.07, 6.45) is 2.54. The predicted octanol–water partition coefficient (Wildman–Crippen LogP) is 1.51. The fraction of sp³-hybridized carbons (Fsp3) is 0.682. The highest BCUT2D eigenvalue weighted by Gasteiger charge is 2.35. The van der Waals surface area contributed by atoms with E-state index in [0.29, 0.717) is 18.5 Å². The van der Waals surface area contributed by atoms with E-state index in [1.165, 1.54) is 24.1 Å². The van der Waals surface area contributed by atoms with E-state index in [2.05, 4.69) is 39.0 Å². The number of piperidine rings is 1. The van der Waals surface area contributed by atoms with Gasteiger partial charge in [0.25, 0.3) is 0 Å². The van der Waals surface area contributed by atoms with E-state index in [-0.39, 0.29) is 5.91 Å². The maximum Gasteiger partial charge on any atom is 0.236 e. The Bertz CT molecular complexity index is 674. The van der Waals surface area contributed by atoms with Crippen LogP contribution in [-0.4, -0.2) is 93.2 Å². The second-order valence-corrected chi connectivity index (χ2v) is 8.78. The zero-order valence-corrected chi connectivity index (χ0v) is 17.3. The van der Waals surface area contributed by atoms with Gasteiger partial charge in [0.1, 0.15) is 0 Å². The van der Waals surface area contributed by atoms with Crippen molar-refractivity contribution < 1.29 is 9.53 Å². The molecule has 4 saturated heterocycles. The zero-order chi connectivity index (χ0) is 19.5. The van der Waals surface area contributed by atoms with Crippen molar-refractivity contribution in [1.29, 1.82) is 0 Å². The quantitative estimate of drug-likeness (QED) is 0.767. The molecule has 28 heavy (non-hydrogen) atoms. The van der Waals surface area contributed by atoms with Crippen LogP contribution in [0.3, 0.4) is 0 Å². The molecule has 0 aliphatic carbocycles. The molecule has 1 aromatic carbocycles. The fourth-order valence-corrected chi connectivity index (χ4v) is 4.84. The summed E-state index contributed by atoms with van der Waals surface area (Å²) in [7, 11) is 3.70. The summed E-state index contributed by atoms with van der Waals surface area (Å²) in [5, 5.41) is 0. The van der Waals surface area contributed by atoms with Crippen molar-refractivity contribution in [2.24, 2.45) is 5.92 Å². The van der Waals surface area contributed by atoms with E-state index in [1.807, 2.05) is 14.1 Å². The van der Waals surface area contributed by atoms with Gasteiger partial charge in [0.2, 0.25) is 5.91 Å². The van der Waals surface area contributed by atoms with Crippen LogP contribution in [0.1, 0.15) is 18.4 Å². The molecule has 1 aromatic rings. The topological polar surface area (TPSA) is 39.3 Å². The molecule has 0 saturated carbocycles. The number of carbonyl (C=O) groups is 1. The number of carbonyl (C=O) groups excluding carboxylic acids is 1. The molecule has 2 bridgehead atoms. The molecule has 4 fully saturated rings. The summed E-state index contributed by atoms with van der Waals surface area (Å²) >= 11 is 0. The van der Waals surface area contributed by atoms with Gasteiger partial charge < -0.3 is 14.5 Å². The van der Waals surface area contributed by atoms with Gasteiger partial charge in [0, 0.05) is 65.1 Å². The van der Waals surface area contributed by atoms with Crippen LogP contribution >= 0.6 is 0 Å². The third kappa shape index (κ3) is 4.67. The Labute approximate surface area is 169 Å². The van der Waals surface area contributed by atoms with E-state index in [4.69, 9.17) is 4.74 Å². The number of amides is 1. The lowest BCUT2D eigenvalue weighted by Crippen LogP contribution is -2.44. The van der Waals surface area contributed by atoms with Gasteiger partial charge >= 0.3 is 0 Å². The summed E-state index contributed by atoms with van der Waals surface area (Å²) in [4.78, 5) is 21.4. The van der Waals surface area contributed by atoms with Crippen molar-refractivity contribution in [2.75, 3.05) is 71.5 Å². The number of fused-ring (bicyclic) bond motifs is 4. The summed E-state index contributed by atoms with van der Waals surface area (Å²) in [6, 6.07) is 9.59. The van der Waals surface area contributed by atoms with Gasteiger partial charge in [-0.15, -0.1) is 0 Å². The molecule has 4 aliphatic heterocycles. The van der Waals surface area contributed by atoms with Crippen molar-refractivity contribution in [1.82, 2.24) is 14.7 Å². The molecule has 0 N–H and O–H groups in total. The predicted molar refractivity (Wildman–Crippen MR) is 112 cm³/mol. The number of rotatable bonds is 5. The number of hydrogen-bond donors (Lipinski definition) is 0. The van der Waals surface area contributed by atoms with E-state index >= 15 is 0 Å². The van der Waals surface area contributed by atoms with E-state index in [9.17, 15) is 4.79 Å². The van der Waals surface area contributed by atoms with E-state index in [0.717, 1.165) is 52.5 Å². The molecule has 6 nitrogen and oxygen atoms in total. The number of morpholine rings is 1. The van der Waals surface area contributed by atoms with Crippen molar-refractivity contribution in [3.8, 4) is 0 Å². The van der Waals surface area contributed by atoms with Crippen molar-refractivity contribution in [3.05, 3.63) is 29.8 Å². The minimum Gasteiger partial charge on any atom is -0.378 e. The Morgan fingerprint density at radius 2 is 1.96 bits per heavy atom. The molecule has 0 spiro atoms. The summed E-state index contributed by atoms with van der Waals surface area (Å²) < 4.78 is 5.49. The zero-order valence-electron chi connectivity index (χ0n) is 17.3. The highest BCUT2D eigenvalue weighted by atomic mass is 16.5. The molecule has 1 amide bonds. The lowest BCUT2D eigenvalue weighted by Gasteiger charge is -2.36. The minimum atomic E-state index is 0.214. The molecule has 0 radical (unpaired) electrons. The van der Waals surface area contributed by atoms with Gasteiger partial charge in [-0.05, 0) is 36.5 Å². The minimum absolute atomic E-state index is 0.214. The first-order valence-electron chi connectivity index (χ1n) is 10.7.